The van der Waals surface area contributed by atoms with E-state index in [2.05, 4.69) is 76.2 Å². The summed E-state index contributed by atoms with van der Waals surface area (Å²) in [6.07, 6.45) is 10.6. The average Bonchev–Trinajstić information content (AvgIpc) is 3.63. The van der Waals surface area contributed by atoms with Gasteiger partial charge in [-0.15, -0.1) is 21.9 Å². The molecular weight excluding hydrogens is 434 g/mol. The third-order valence-electron chi connectivity index (χ3n) is 7.21. The summed E-state index contributed by atoms with van der Waals surface area (Å²) in [6.45, 7) is 5.52. The van der Waals surface area contributed by atoms with Crippen molar-refractivity contribution < 1.29 is 9.39 Å². The largest absolute Gasteiger partial charge is 0.329 e. The van der Waals surface area contributed by atoms with Crippen LogP contribution in [0, 0.1) is 6.92 Å². The van der Waals surface area contributed by atoms with Gasteiger partial charge < -0.3 is 4.90 Å². The predicted molar refractivity (Wildman–Crippen MR) is 127 cm³/mol. The number of aromatic nitrogens is 4. The molecule has 2 saturated heterocycles. The van der Waals surface area contributed by atoms with Crippen molar-refractivity contribution in [1.29, 1.82) is 0 Å². The smallest absolute Gasteiger partial charge is 0.256 e. The second-order valence-corrected chi connectivity index (χ2v) is 10.3. The number of rotatable bonds is 4. The van der Waals surface area contributed by atoms with Crippen molar-refractivity contribution in [2.24, 2.45) is 0 Å². The average molecular weight is 463 g/mol. The number of aryl methyl sites for hydroxylation is 1. The molecule has 6 rings (SSSR count). The van der Waals surface area contributed by atoms with Gasteiger partial charge in [0.15, 0.2) is 11.5 Å². The Balaban J connectivity index is 1.17. The van der Waals surface area contributed by atoms with E-state index in [0.717, 1.165) is 61.2 Å². The molecule has 170 valence electrons. The minimum atomic E-state index is 0.202. The Morgan fingerprint density at radius 3 is 2.73 bits per heavy atom. The first-order valence-electron chi connectivity index (χ1n) is 11.6. The molecule has 0 saturated carbocycles. The van der Waals surface area contributed by atoms with Crippen LogP contribution < -0.4 is 0 Å². The Labute approximate surface area is 197 Å². The molecule has 5 heterocycles. The number of nitrogens with zero attached hydrogens (tertiary/aromatic N) is 7. The lowest BCUT2D eigenvalue weighted by atomic mass is 9.96. The number of thioether (sulfide) groups is 1. The Morgan fingerprint density at radius 2 is 1.97 bits per heavy atom. The molecule has 0 aliphatic carbocycles. The zero-order valence-corrected chi connectivity index (χ0v) is 19.6. The Kier molecular flexibility index (Phi) is 5.20. The van der Waals surface area contributed by atoms with Gasteiger partial charge >= 0.3 is 0 Å². The van der Waals surface area contributed by atoms with Crippen LogP contribution in [0.5, 0.6) is 0 Å². The number of amides is 1. The van der Waals surface area contributed by atoms with Crippen LogP contribution >= 0.6 is 11.8 Å². The van der Waals surface area contributed by atoms with E-state index in [4.69, 9.17) is 0 Å². The molecule has 0 radical (unpaired) electrons. The van der Waals surface area contributed by atoms with Crippen LogP contribution in [0.2, 0.25) is 0 Å². The van der Waals surface area contributed by atoms with Gasteiger partial charge in [0.25, 0.3) is 5.91 Å². The standard InChI is InChI=1S/C24H28N7OS/c1-18-4-6-21(7-5-18)30-23(25-26-27-30)19-8-10-29(11-9-19)31-13-2-3-22(31)15-20(16-31)24(32)28-12-14-33-17-28/h2-7,13,15,19H,8-12,14,16-17H2,1H3/q+1/t31-/m1/s1. The summed E-state index contributed by atoms with van der Waals surface area (Å²) < 4.78 is 2.54. The van der Waals surface area contributed by atoms with Crippen molar-refractivity contribution >= 4 is 17.7 Å². The number of hydrogen-bond acceptors (Lipinski definition) is 6. The minimum absolute atomic E-state index is 0.202. The Morgan fingerprint density at radius 1 is 1.15 bits per heavy atom. The SMILES string of the molecule is Cc1ccc(-n2nnnc2C2CCN([N@@+]34C=CC=C3C=C(C(=O)N3CCSC3)C4)CC2)cc1. The van der Waals surface area contributed by atoms with Gasteiger partial charge in [0.2, 0.25) is 0 Å². The van der Waals surface area contributed by atoms with Crippen LogP contribution in [-0.4, -0.2) is 78.4 Å². The number of benzene rings is 1. The number of carbonyl (C=O) groups excluding carboxylic acids is 1. The lowest BCUT2D eigenvalue weighted by Gasteiger charge is -2.42. The summed E-state index contributed by atoms with van der Waals surface area (Å²) in [7, 11) is 0. The summed E-state index contributed by atoms with van der Waals surface area (Å²) in [4.78, 5) is 15.0. The predicted octanol–water partition coefficient (Wildman–Crippen LogP) is 2.77. The molecular formula is C24H28N7OS+. The van der Waals surface area contributed by atoms with Crippen LogP contribution in [0.25, 0.3) is 5.69 Å². The molecule has 1 aromatic heterocycles. The normalized spacial score (nSPS) is 25.4. The molecule has 33 heavy (non-hydrogen) atoms. The first-order valence-corrected chi connectivity index (χ1v) is 12.8. The van der Waals surface area contributed by atoms with Crippen LogP contribution in [0.1, 0.15) is 30.1 Å². The summed E-state index contributed by atoms with van der Waals surface area (Å²) in [5.74, 6) is 3.30. The van der Waals surface area contributed by atoms with Gasteiger partial charge in [-0.25, -0.2) is 0 Å². The van der Waals surface area contributed by atoms with Crippen LogP contribution in [0.15, 0.2) is 60.0 Å². The van der Waals surface area contributed by atoms with Crippen molar-refractivity contribution in [2.75, 3.05) is 37.8 Å². The Bertz CT molecular complexity index is 1150. The number of allylic oxidation sites excluding steroid dienone is 3. The summed E-state index contributed by atoms with van der Waals surface area (Å²) in [5, 5.41) is 15.2. The lowest BCUT2D eigenvalue weighted by Crippen LogP contribution is -2.56. The number of fused-ring (bicyclic) bond motifs is 1. The number of piperidine rings is 1. The number of hydrogen-bond donors (Lipinski definition) is 0. The number of carbonyl (C=O) groups is 1. The maximum atomic E-state index is 13.0. The molecule has 0 bridgehead atoms. The topological polar surface area (TPSA) is 67.2 Å². The summed E-state index contributed by atoms with van der Waals surface area (Å²) in [5.41, 5.74) is 4.36. The molecule has 0 spiro atoms. The van der Waals surface area contributed by atoms with Crippen molar-refractivity contribution in [2.45, 2.75) is 25.7 Å². The highest BCUT2D eigenvalue weighted by molar-refractivity contribution is 7.99. The van der Waals surface area contributed by atoms with E-state index in [1.54, 1.807) is 0 Å². The van der Waals surface area contributed by atoms with Crippen LogP contribution in [0.3, 0.4) is 0 Å². The van der Waals surface area contributed by atoms with E-state index in [1.165, 1.54) is 11.3 Å². The molecule has 0 unspecified atom stereocenters. The van der Waals surface area contributed by atoms with E-state index in [0.29, 0.717) is 17.1 Å². The van der Waals surface area contributed by atoms with E-state index in [1.807, 2.05) is 21.3 Å². The fraction of sp³-hybridized carbons (Fsp3) is 0.417. The quantitative estimate of drug-likeness (QED) is 0.651. The molecule has 9 heteroatoms. The highest BCUT2D eigenvalue weighted by Crippen LogP contribution is 2.40. The second kappa shape index (κ2) is 8.23. The Hall–Kier alpha value is -2.75. The van der Waals surface area contributed by atoms with Gasteiger partial charge in [-0.05, 0) is 48.4 Å². The molecule has 1 amide bonds. The third-order valence-corrected chi connectivity index (χ3v) is 8.17. The molecule has 1 atom stereocenters. The second-order valence-electron chi connectivity index (χ2n) is 9.21. The highest BCUT2D eigenvalue weighted by atomic mass is 32.2. The highest BCUT2D eigenvalue weighted by Gasteiger charge is 2.48. The summed E-state index contributed by atoms with van der Waals surface area (Å²) in [6, 6.07) is 8.32. The van der Waals surface area contributed by atoms with Crippen LogP contribution in [-0.2, 0) is 4.79 Å². The third kappa shape index (κ3) is 3.55. The van der Waals surface area contributed by atoms with E-state index in [9.17, 15) is 4.79 Å². The molecule has 8 nitrogen and oxygen atoms in total. The first kappa shape index (κ1) is 20.8. The first-order chi connectivity index (χ1) is 16.1. The van der Waals surface area contributed by atoms with E-state index in [-0.39, 0.29) is 5.91 Å². The van der Waals surface area contributed by atoms with Crippen molar-refractivity contribution in [3.63, 3.8) is 0 Å². The number of tetrazole rings is 1. The maximum Gasteiger partial charge on any atom is 0.256 e. The van der Waals surface area contributed by atoms with Crippen molar-refractivity contribution in [3.05, 3.63) is 71.4 Å². The fourth-order valence-electron chi connectivity index (χ4n) is 5.35. The van der Waals surface area contributed by atoms with Crippen molar-refractivity contribution in [1.82, 2.24) is 30.1 Å². The van der Waals surface area contributed by atoms with Gasteiger partial charge in [-0.2, -0.15) is 9.27 Å². The molecule has 2 fully saturated rings. The van der Waals surface area contributed by atoms with Crippen molar-refractivity contribution in [3.8, 4) is 5.69 Å². The molecule has 0 N–H and O–H groups in total. The van der Waals surface area contributed by atoms with Gasteiger partial charge in [0.1, 0.15) is 12.7 Å². The summed E-state index contributed by atoms with van der Waals surface area (Å²) >= 11 is 1.83. The van der Waals surface area contributed by atoms with Crippen LogP contribution in [0.4, 0.5) is 0 Å². The monoisotopic (exact) mass is 462 g/mol. The lowest BCUT2D eigenvalue weighted by molar-refractivity contribution is -0.949. The molecule has 4 aliphatic heterocycles. The van der Waals surface area contributed by atoms with Gasteiger partial charge in [-0.1, -0.05) is 17.7 Å². The van der Waals surface area contributed by atoms with Gasteiger partial charge in [0.05, 0.1) is 17.1 Å². The van der Waals surface area contributed by atoms with Gasteiger partial charge in [-0.3, -0.25) is 4.79 Å². The molecule has 2 aromatic rings. The van der Waals surface area contributed by atoms with E-state index >= 15 is 0 Å². The fourth-order valence-corrected chi connectivity index (χ4v) is 6.30. The van der Waals surface area contributed by atoms with Gasteiger partial charge in [0, 0.05) is 43.5 Å². The maximum absolute atomic E-state index is 13.0. The molecule has 1 aromatic carbocycles. The molecule has 4 aliphatic rings. The minimum Gasteiger partial charge on any atom is -0.329 e. The number of quaternary nitrogens is 1. The zero-order valence-electron chi connectivity index (χ0n) is 18.8. The zero-order chi connectivity index (χ0) is 22.4. The van der Waals surface area contributed by atoms with E-state index < -0.39 is 0 Å².